The van der Waals surface area contributed by atoms with Crippen molar-refractivity contribution in [2.24, 2.45) is 4.99 Å². The summed E-state index contributed by atoms with van der Waals surface area (Å²) in [5.41, 5.74) is 2.80. The van der Waals surface area contributed by atoms with Crippen LogP contribution in [0.15, 0.2) is 53.7 Å². The maximum absolute atomic E-state index is 5.62. The van der Waals surface area contributed by atoms with Crippen LogP contribution >= 0.6 is 24.0 Å². The Morgan fingerprint density at radius 1 is 1.19 bits per heavy atom. The summed E-state index contributed by atoms with van der Waals surface area (Å²) in [6.45, 7) is 6.26. The Labute approximate surface area is 202 Å². The van der Waals surface area contributed by atoms with Crippen molar-refractivity contribution < 1.29 is 4.74 Å². The Kier molecular flexibility index (Phi) is 8.54. The van der Waals surface area contributed by atoms with Gasteiger partial charge in [-0.15, -0.1) is 24.0 Å². The number of nitrogens with one attached hydrogen (secondary N) is 2. The SMILES string of the molecule is CN=C(NCc1ccc(N2CCOC(C)C2)nc1)NCC1(c2ccccc2)CCC1.I. The summed E-state index contributed by atoms with van der Waals surface area (Å²) in [6.07, 6.45) is 5.96. The van der Waals surface area contributed by atoms with Crippen LogP contribution in [0.2, 0.25) is 0 Å². The van der Waals surface area contributed by atoms with Crippen LogP contribution in [0.25, 0.3) is 0 Å². The van der Waals surface area contributed by atoms with Crippen molar-refractivity contribution in [1.29, 1.82) is 0 Å². The molecule has 1 atom stereocenters. The van der Waals surface area contributed by atoms with E-state index in [1.165, 1.54) is 24.8 Å². The molecule has 1 unspecified atom stereocenters. The van der Waals surface area contributed by atoms with Crippen LogP contribution in [0.1, 0.15) is 37.3 Å². The molecule has 2 fully saturated rings. The first-order chi connectivity index (χ1) is 14.7. The second-order valence-corrected chi connectivity index (χ2v) is 8.43. The molecule has 0 amide bonds. The highest BCUT2D eigenvalue weighted by atomic mass is 127. The Morgan fingerprint density at radius 2 is 2.00 bits per heavy atom. The number of guanidine groups is 1. The lowest BCUT2D eigenvalue weighted by atomic mass is 9.64. The molecule has 4 rings (SSSR count). The van der Waals surface area contributed by atoms with Crippen LogP contribution in [0, 0.1) is 0 Å². The minimum Gasteiger partial charge on any atom is -0.375 e. The van der Waals surface area contributed by atoms with E-state index in [0.29, 0.717) is 6.54 Å². The maximum atomic E-state index is 5.62. The van der Waals surface area contributed by atoms with E-state index in [9.17, 15) is 0 Å². The second-order valence-electron chi connectivity index (χ2n) is 8.43. The van der Waals surface area contributed by atoms with E-state index in [1.807, 2.05) is 13.2 Å². The molecule has 1 saturated carbocycles. The Bertz CT molecular complexity index is 839. The van der Waals surface area contributed by atoms with Crippen LogP contribution in [0.3, 0.4) is 0 Å². The van der Waals surface area contributed by atoms with E-state index in [1.54, 1.807) is 0 Å². The van der Waals surface area contributed by atoms with Crippen LogP contribution < -0.4 is 15.5 Å². The molecule has 0 bridgehead atoms. The molecule has 2 N–H and O–H groups in total. The summed E-state index contributed by atoms with van der Waals surface area (Å²) in [5, 5.41) is 6.97. The van der Waals surface area contributed by atoms with Crippen molar-refractivity contribution in [2.75, 3.05) is 38.2 Å². The fourth-order valence-electron chi connectivity index (χ4n) is 4.36. The number of aromatic nitrogens is 1. The number of morpholine rings is 1. The van der Waals surface area contributed by atoms with Crippen molar-refractivity contribution in [3.05, 3.63) is 59.8 Å². The molecule has 2 heterocycles. The maximum Gasteiger partial charge on any atom is 0.191 e. The third kappa shape index (κ3) is 5.88. The minimum atomic E-state index is 0. The van der Waals surface area contributed by atoms with E-state index in [2.05, 4.69) is 74.9 Å². The number of benzene rings is 1. The van der Waals surface area contributed by atoms with Gasteiger partial charge in [-0.05, 0) is 37.0 Å². The van der Waals surface area contributed by atoms with Gasteiger partial charge in [0.25, 0.3) is 0 Å². The zero-order chi connectivity index (χ0) is 20.8. The number of hydrogen-bond acceptors (Lipinski definition) is 4. The van der Waals surface area contributed by atoms with Crippen molar-refractivity contribution in [2.45, 2.75) is 44.2 Å². The standard InChI is InChI=1S/C24H33N5O.HI/c1-19-17-29(13-14-30-19)22-10-9-20(15-26-22)16-27-23(25-2)28-18-24(11-6-12-24)21-7-4-3-5-8-21;/h3-5,7-10,15,19H,6,11-14,16-18H2,1-2H3,(H2,25,27,28);1H. The summed E-state index contributed by atoms with van der Waals surface area (Å²) >= 11 is 0. The van der Waals surface area contributed by atoms with Gasteiger partial charge in [0.15, 0.2) is 5.96 Å². The number of ether oxygens (including phenoxy) is 1. The zero-order valence-corrected chi connectivity index (χ0v) is 20.8. The van der Waals surface area contributed by atoms with Crippen molar-refractivity contribution >= 4 is 35.8 Å². The molecule has 1 aliphatic heterocycles. The van der Waals surface area contributed by atoms with Gasteiger partial charge < -0.3 is 20.3 Å². The average Bonchev–Trinajstić information content (AvgIpc) is 2.76. The summed E-state index contributed by atoms with van der Waals surface area (Å²) in [7, 11) is 1.83. The molecule has 1 aromatic carbocycles. The highest BCUT2D eigenvalue weighted by Crippen LogP contribution is 2.43. The smallest absolute Gasteiger partial charge is 0.191 e. The fraction of sp³-hybridized carbons (Fsp3) is 0.500. The molecule has 1 saturated heterocycles. The Morgan fingerprint density at radius 3 is 2.61 bits per heavy atom. The van der Waals surface area contributed by atoms with Gasteiger partial charge >= 0.3 is 0 Å². The van der Waals surface area contributed by atoms with Gasteiger partial charge in [0, 0.05) is 44.8 Å². The van der Waals surface area contributed by atoms with E-state index in [0.717, 1.165) is 43.6 Å². The number of rotatable bonds is 6. The van der Waals surface area contributed by atoms with Crippen molar-refractivity contribution in [3.8, 4) is 0 Å². The topological polar surface area (TPSA) is 61.8 Å². The lowest BCUT2D eigenvalue weighted by Crippen LogP contribution is -2.48. The van der Waals surface area contributed by atoms with Crippen molar-refractivity contribution in [3.63, 3.8) is 0 Å². The number of anilines is 1. The number of halogens is 1. The minimum absolute atomic E-state index is 0. The molecule has 31 heavy (non-hydrogen) atoms. The molecule has 1 aromatic heterocycles. The number of aliphatic imine (C=N–C) groups is 1. The van der Waals surface area contributed by atoms with Crippen molar-refractivity contribution in [1.82, 2.24) is 15.6 Å². The third-order valence-electron chi connectivity index (χ3n) is 6.35. The molecule has 2 aromatic rings. The third-order valence-corrected chi connectivity index (χ3v) is 6.35. The Balaban J connectivity index is 0.00000272. The molecule has 0 radical (unpaired) electrons. The predicted octanol–water partition coefficient (Wildman–Crippen LogP) is 3.71. The van der Waals surface area contributed by atoms with E-state index < -0.39 is 0 Å². The molecule has 7 heteroatoms. The molecule has 6 nitrogen and oxygen atoms in total. The van der Waals surface area contributed by atoms with Gasteiger partial charge in [-0.3, -0.25) is 4.99 Å². The number of hydrogen-bond donors (Lipinski definition) is 2. The quantitative estimate of drug-likeness (QED) is 0.336. The Hall–Kier alpha value is -1.87. The zero-order valence-electron chi connectivity index (χ0n) is 18.5. The van der Waals surface area contributed by atoms with E-state index in [4.69, 9.17) is 4.74 Å². The largest absolute Gasteiger partial charge is 0.375 e. The fourth-order valence-corrected chi connectivity index (χ4v) is 4.36. The highest BCUT2D eigenvalue weighted by Gasteiger charge is 2.38. The lowest BCUT2D eigenvalue weighted by molar-refractivity contribution is 0.0529. The first kappa shape index (κ1) is 23.8. The van der Waals surface area contributed by atoms with Gasteiger partial charge in [0.1, 0.15) is 5.82 Å². The molecular weight excluding hydrogens is 501 g/mol. The van der Waals surface area contributed by atoms with Crippen LogP contribution in [0.4, 0.5) is 5.82 Å². The molecule has 168 valence electrons. The van der Waals surface area contributed by atoms with Gasteiger partial charge in [-0.2, -0.15) is 0 Å². The highest BCUT2D eigenvalue weighted by molar-refractivity contribution is 14.0. The van der Waals surface area contributed by atoms with Gasteiger partial charge in [-0.25, -0.2) is 4.98 Å². The van der Waals surface area contributed by atoms with Gasteiger partial charge in [0.2, 0.25) is 0 Å². The van der Waals surface area contributed by atoms with Gasteiger partial charge in [0.05, 0.1) is 12.7 Å². The van der Waals surface area contributed by atoms with Crippen LogP contribution in [0.5, 0.6) is 0 Å². The molecule has 1 aliphatic carbocycles. The summed E-state index contributed by atoms with van der Waals surface area (Å²) in [6, 6.07) is 15.1. The lowest BCUT2D eigenvalue weighted by Gasteiger charge is -2.43. The predicted molar refractivity (Wildman–Crippen MR) is 137 cm³/mol. The van der Waals surface area contributed by atoms with Crippen LogP contribution in [-0.2, 0) is 16.7 Å². The molecule has 2 aliphatic rings. The average molecular weight is 535 g/mol. The normalized spacial score (nSPS) is 20.4. The monoisotopic (exact) mass is 535 g/mol. The summed E-state index contributed by atoms with van der Waals surface area (Å²) in [4.78, 5) is 11.4. The summed E-state index contributed by atoms with van der Waals surface area (Å²) < 4.78 is 5.62. The number of nitrogens with zero attached hydrogens (tertiary/aromatic N) is 3. The molecular formula is C24H34IN5O. The van der Waals surface area contributed by atoms with E-state index in [-0.39, 0.29) is 35.5 Å². The first-order valence-corrected chi connectivity index (χ1v) is 11.0. The molecule has 0 spiro atoms. The van der Waals surface area contributed by atoms with Gasteiger partial charge in [-0.1, -0.05) is 42.8 Å². The second kappa shape index (κ2) is 11.1. The first-order valence-electron chi connectivity index (χ1n) is 11.0. The number of pyridine rings is 1. The van der Waals surface area contributed by atoms with E-state index >= 15 is 0 Å². The summed E-state index contributed by atoms with van der Waals surface area (Å²) in [5.74, 6) is 1.86. The van der Waals surface area contributed by atoms with Crippen LogP contribution in [-0.4, -0.2) is 50.3 Å².